The van der Waals surface area contributed by atoms with Gasteiger partial charge in [0.15, 0.2) is 0 Å². The molecule has 0 fully saturated rings. The molecule has 0 saturated heterocycles. The van der Waals surface area contributed by atoms with Crippen LogP contribution in [0, 0.1) is 0 Å². The predicted molar refractivity (Wildman–Crippen MR) is 151 cm³/mol. The number of pyridine rings is 1. The number of hydrogen-bond donors (Lipinski definition) is 0. The van der Waals surface area contributed by atoms with Crippen LogP contribution in [0.25, 0.3) is 42.2 Å². The largest absolute Gasteiger partial charge is 0.274 e. The molecule has 180 valence electrons. The topological polar surface area (TPSA) is 12.9 Å². The second-order valence-electron chi connectivity index (χ2n) is 11.0. The molecule has 0 atom stereocenters. The highest BCUT2D eigenvalue weighted by Crippen LogP contribution is 2.46. The number of thiophene rings is 1. The molecule has 1 nitrogen and oxygen atoms in total. The van der Waals surface area contributed by atoms with Crippen molar-refractivity contribution >= 4 is 50.4 Å². The Morgan fingerprint density at radius 3 is 2.34 bits per heavy atom. The van der Waals surface area contributed by atoms with Gasteiger partial charge in [0.1, 0.15) is 0 Å². The van der Waals surface area contributed by atoms with Gasteiger partial charge in [-0.1, -0.05) is 82.0 Å². The normalized spacial score (nSPS) is 12.9. The quantitative estimate of drug-likeness (QED) is 0.210. The number of nitrogens with zero attached hydrogens (tertiary/aromatic N) is 1. The summed E-state index contributed by atoms with van der Waals surface area (Å²) in [5.41, 5.74) is 3.34. The van der Waals surface area contributed by atoms with Gasteiger partial charge in [-0.2, -0.15) is 0 Å². The summed E-state index contributed by atoms with van der Waals surface area (Å²) in [6, 6.07) is 20.7. The van der Waals surface area contributed by atoms with E-state index in [0.29, 0.717) is 16.7 Å². The molecular weight excluding hydrogens is 472 g/mol. The predicted octanol–water partition coefficient (Wildman–Crippen LogP) is 10.2. The van der Waals surface area contributed by atoms with E-state index in [0.717, 1.165) is 26.7 Å². The molecule has 5 heteroatoms. The first kappa shape index (κ1) is 24.1. The molecule has 0 aliphatic rings. The first-order chi connectivity index (χ1) is 16.5. The summed E-state index contributed by atoms with van der Waals surface area (Å²) in [6.45, 7) is 10.9. The molecule has 0 unspecified atom stereocenters. The standard InChI is InChI=1S/C30H31F2NSSi/c1-19(2)25-18-21(17-20-9-6-7-10-22(20)25)27-29-24(13-15-33-27)23-11-8-12-26(28(23)34-29)30(31,32)14-16-35(3,4)5/h6-13,15,17-19H,14,16H2,1-5H3. The van der Waals surface area contributed by atoms with Crippen LogP contribution in [-0.2, 0) is 5.92 Å². The average Bonchev–Trinajstić information content (AvgIpc) is 3.20. The van der Waals surface area contributed by atoms with Crippen LogP contribution in [0.2, 0.25) is 25.7 Å². The lowest BCUT2D eigenvalue weighted by Crippen LogP contribution is -2.24. The maximum Gasteiger partial charge on any atom is 0.274 e. The van der Waals surface area contributed by atoms with E-state index in [4.69, 9.17) is 4.98 Å². The first-order valence-electron chi connectivity index (χ1n) is 12.3. The van der Waals surface area contributed by atoms with E-state index in [1.54, 1.807) is 12.1 Å². The van der Waals surface area contributed by atoms with Gasteiger partial charge in [0, 0.05) is 47.3 Å². The van der Waals surface area contributed by atoms with Crippen molar-refractivity contribution in [3.63, 3.8) is 0 Å². The minimum Gasteiger partial charge on any atom is -0.255 e. The van der Waals surface area contributed by atoms with E-state index in [2.05, 4.69) is 69.9 Å². The molecule has 0 N–H and O–H groups in total. The van der Waals surface area contributed by atoms with Crippen molar-refractivity contribution in [1.29, 1.82) is 0 Å². The van der Waals surface area contributed by atoms with Gasteiger partial charge in [0.25, 0.3) is 5.92 Å². The Hall–Kier alpha value is -2.63. The lowest BCUT2D eigenvalue weighted by molar-refractivity contribution is -0.00686. The van der Waals surface area contributed by atoms with Crippen LogP contribution in [-0.4, -0.2) is 13.1 Å². The van der Waals surface area contributed by atoms with Gasteiger partial charge in [-0.3, -0.25) is 4.98 Å². The third-order valence-corrected chi connectivity index (χ3v) is 9.80. The van der Waals surface area contributed by atoms with E-state index in [9.17, 15) is 0 Å². The average molecular weight is 504 g/mol. The molecule has 0 spiro atoms. The van der Waals surface area contributed by atoms with Gasteiger partial charge in [-0.05, 0) is 40.5 Å². The van der Waals surface area contributed by atoms with Gasteiger partial charge in [-0.25, -0.2) is 8.78 Å². The Labute approximate surface area is 210 Å². The zero-order valence-corrected chi connectivity index (χ0v) is 22.8. The Balaban J connectivity index is 1.71. The highest BCUT2D eigenvalue weighted by Gasteiger charge is 2.35. The van der Waals surface area contributed by atoms with E-state index in [1.165, 1.54) is 27.7 Å². The number of fused-ring (bicyclic) bond motifs is 4. The highest BCUT2D eigenvalue weighted by molar-refractivity contribution is 7.26. The summed E-state index contributed by atoms with van der Waals surface area (Å²) in [5.74, 6) is -2.49. The fraction of sp³-hybridized carbons (Fsp3) is 0.300. The molecule has 0 radical (unpaired) electrons. The minimum atomic E-state index is -2.85. The Morgan fingerprint density at radius 1 is 0.886 bits per heavy atom. The van der Waals surface area contributed by atoms with Crippen LogP contribution in [0.5, 0.6) is 0 Å². The minimum absolute atomic E-state index is 0.0936. The molecule has 35 heavy (non-hydrogen) atoms. The van der Waals surface area contributed by atoms with Crippen molar-refractivity contribution < 1.29 is 8.78 Å². The second-order valence-corrected chi connectivity index (χ2v) is 17.7. The van der Waals surface area contributed by atoms with Gasteiger partial charge in [-0.15, -0.1) is 11.3 Å². The van der Waals surface area contributed by atoms with Crippen molar-refractivity contribution in [1.82, 2.24) is 4.98 Å². The lowest BCUT2D eigenvalue weighted by atomic mass is 9.92. The van der Waals surface area contributed by atoms with Crippen LogP contribution >= 0.6 is 11.3 Å². The lowest BCUT2D eigenvalue weighted by Gasteiger charge is -2.22. The molecule has 0 aliphatic heterocycles. The van der Waals surface area contributed by atoms with Crippen molar-refractivity contribution in [2.75, 3.05) is 0 Å². The van der Waals surface area contributed by atoms with Crippen molar-refractivity contribution in [3.8, 4) is 11.3 Å². The summed E-state index contributed by atoms with van der Waals surface area (Å²) < 4.78 is 32.7. The van der Waals surface area contributed by atoms with E-state index in [-0.39, 0.29) is 12.0 Å². The van der Waals surface area contributed by atoms with Gasteiger partial charge in [0.05, 0.1) is 10.4 Å². The zero-order chi connectivity index (χ0) is 25.0. The zero-order valence-electron chi connectivity index (χ0n) is 21.0. The molecule has 5 rings (SSSR count). The maximum absolute atomic E-state index is 15.5. The molecule has 0 aliphatic carbocycles. The smallest absolute Gasteiger partial charge is 0.255 e. The van der Waals surface area contributed by atoms with Crippen LogP contribution in [0.3, 0.4) is 0 Å². The number of hydrogen-bond acceptors (Lipinski definition) is 2. The summed E-state index contributed by atoms with van der Waals surface area (Å²) in [6.07, 6.45) is 1.72. The summed E-state index contributed by atoms with van der Waals surface area (Å²) in [4.78, 5) is 4.77. The SMILES string of the molecule is CC(C)c1cc(-c2nccc3c2sc2c(C(F)(F)CC[Si](C)(C)C)cccc23)cc2ccccc12. The fourth-order valence-electron chi connectivity index (χ4n) is 4.84. The van der Waals surface area contributed by atoms with E-state index < -0.39 is 14.0 Å². The number of halogens is 2. The summed E-state index contributed by atoms with van der Waals surface area (Å²) in [5, 5.41) is 4.31. The molecule has 3 aromatic carbocycles. The van der Waals surface area contributed by atoms with Crippen LogP contribution < -0.4 is 0 Å². The van der Waals surface area contributed by atoms with Crippen LogP contribution in [0.15, 0.2) is 66.9 Å². The summed E-state index contributed by atoms with van der Waals surface area (Å²) >= 11 is 1.46. The van der Waals surface area contributed by atoms with Crippen molar-refractivity contribution in [2.45, 2.75) is 57.8 Å². The molecule has 5 aromatic rings. The monoisotopic (exact) mass is 503 g/mol. The van der Waals surface area contributed by atoms with E-state index >= 15 is 8.78 Å². The highest BCUT2D eigenvalue weighted by atomic mass is 32.1. The van der Waals surface area contributed by atoms with Crippen molar-refractivity contribution in [3.05, 3.63) is 78.0 Å². The molecule has 0 saturated carbocycles. The molecule has 0 amide bonds. The second kappa shape index (κ2) is 8.79. The first-order valence-corrected chi connectivity index (χ1v) is 16.8. The van der Waals surface area contributed by atoms with Gasteiger partial charge < -0.3 is 0 Å². The Morgan fingerprint density at radius 2 is 1.60 bits per heavy atom. The van der Waals surface area contributed by atoms with Crippen LogP contribution in [0.4, 0.5) is 8.78 Å². The number of alkyl halides is 2. The van der Waals surface area contributed by atoms with E-state index in [1.807, 2.05) is 18.3 Å². The fourth-order valence-corrected chi connectivity index (χ4v) is 7.28. The van der Waals surface area contributed by atoms with Gasteiger partial charge >= 0.3 is 0 Å². The van der Waals surface area contributed by atoms with Crippen LogP contribution in [0.1, 0.15) is 37.3 Å². The number of rotatable bonds is 6. The molecular formula is C30H31F2NSSi. The third-order valence-electron chi connectivity index (χ3n) is 6.79. The molecule has 2 heterocycles. The molecule has 0 bridgehead atoms. The third kappa shape index (κ3) is 4.52. The molecule has 2 aromatic heterocycles. The van der Waals surface area contributed by atoms with Crippen molar-refractivity contribution in [2.24, 2.45) is 0 Å². The Bertz CT molecular complexity index is 1550. The number of benzene rings is 3. The maximum atomic E-state index is 15.5. The van der Waals surface area contributed by atoms with Gasteiger partial charge in [0.2, 0.25) is 0 Å². The number of aromatic nitrogens is 1. The Kier molecular flexibility index (Phi) is 6.05. The summed E-state index contributed by atoms with van der Waals surface area (Å²) in [7, 11) is -1.58.